The molecule has 124 valence electrons. The summed E-state index contributed by atoms with van der Waals surface area (Å²) in [7, 11) is -1.44. The molecule has 1 spiro atoms. The Balaban J connectivity index is 1.93. The lowest BCUT2D eigenvalue weighted by atomic mass is 9.66. The molecule has 0 atom stereocenters. The molecule has 25 heavy (non-hydrogen) atoms. The van der Waals surface area contributed by atoms with E-state index in [2.05, 4.69) is 36.4 Å². The van der Waals surface area contributed by atoms with E-state index in [1.54, 1.807) is 0 Å². The van der Waals surface area contributed by atoms with Gasteiger partial charge in [-0.15, -0.1) is 0 Å². The van der Waals surface area contributed by atoms with Crippen LogP contribution in [0.5, 0.6) is 0 Å². The molecule has 3 aromatic rings. The third-order valence-electron chi connectivity index (χ3n) is 6.29. The van der Waals surface area contributed by atoms with E-state index >= 15 is 0 Å². The first-order valence-corrected chi connectivity index (χ1v) is 9.24. The van der Waals surface area contributed by atoms with Crippen molar-refractivity contribution in [2.45, 2.75) is 37.5 Å². The fourth-order valence-corrected chi connectivity index (χ4v) is 5.24. The van der Waals surface area contributed by atoms with Crippen molar-refractivity contribution in [1.82, 2.24) is 0 Å². The lowest BCUT2D eigenvalue weighted by Crippen LogP contribution is -2.34. The zero-order chi connectivity index (χ0) is 17.0. The van der Waals surface area contributed by atoms with Crippen LogP contribution in [0, 0.1) is 0 Å². The second-order valence-corrected chi connectivity index (χ2v) is 7.50. The Labute approximate surface area is 148 Å². The summed E-state index contributed by atoms with van der Waals surface area (Å²) in [5.74, 6) is 0. The summed E-state index contributed by atoms with van der Waals surface area (Å²) < 4.78 is 0. The predicted octanol–water partition coefficient (Wildman–Crippen LogP) is 3.75. The Kier molecular flexibility index (Phi) is 3.31. The van der Waals surface area contributed by atoms with Crippen molar-refractivity contribution >= 4 is 23.4 Å². The number of benzene rings is 3. The van der Waals surface area contributed by atoms with Crippen molar-refractivity contribution in [3.63, 3.8) is 0 Å². The third kappa shape index (κ3) is 2.00. The van der Waals surface area contributed by atoms with Crippen LogP contribution in [0.1, 0.15) is 43.2 Å². The zero-order valence-corrected chi connectivity index (χ0v) is 14.2. The molecule has 3 heteroatoms. The number of hydrogen-bond acceptors (Lipinski definition) is 2. The summed E-state index contributed by atoms with van der Waals surface area (Å²) >= 11 is 0. The lowest BCUT2D eigenvalue weighted by molar-refractivity contribution is 0.353. The van der Waals surface area contributed by atoms with Gasteiger partial charge in [0.1, 0.15) is 0 Å². The minimum atomic E-state index is -1.44. The predicted molar refractivity (Wildman–Crippen MR) is 103 cm³/mol. The summed E-state index contributed by atoms with van der Waals surface area (Å²) in [6.45, 7) is 0. The molecule has 0 radical (unpaired) electrons. The highest BCUT2D eigenvalue weighted by Gasteiger charge is 2.44. The highest BCUT2D eigenvalue weighted by atomic mass is 16.4. The van der Waals surface area contributed by atoms with E-state index in [0.29, 0.717) is 5.46 Å². The lowest BCUT2D eigenvalue weighted by Gasteiger charge is -2.36. The van der Waals surface area contributed by atoms with Gasteiger partial charge in [0.2, 0.25) is 0 Å². The van der Waals surface area contributed by atoms with Crippen molar-refractivity contribution in [2.24, 2.45) is 0 Å². The third-order valence-corrected chi connectivity index (χ3v) is 6.29. The summed E-state index contributed by atoms with van der Waals surface area (Å²) in [6.07, 6.45) is 6.06. The van der Waals surface area contributed by atoms with Gasteiger partial charge >= 0.3 is 7.12 Å². The maximum Gasteiger partial charge on any atom is 0.489 e. The molecule has 0 heterocycles. The number of rotatable bonds is 1. The molecule has 5 rings (SSSR count). The zero-order valence-electron chi connectivity index (χ0n) is 14.2. The van der Waals surface area contributed by atoms with E-state index in [1.165, 1.54) is 41.5 Å². The minimum Gasteiger partial charge on any atom is -0.423 e. The van der Waals surface area contributed by atoms with Crippen LogP contribution in [0.4, 0.5) is 0 Å². The highest BCUT2D eigenvalue weighted by molar-refractivity contribution is 6.62. The first-order chi connectivity index (χ1) is 12.2. The molecule has 0 aromatic heterocycles. The molecular weight excluding hydrogens is 307 g/mol. The van der Waals surface area contributed by atoms with Gasteiger partial charge in [-0.25, -0.2) is 0 Å². The molecule has 0 unspecified atom stereocenters. The van der Waals surface area contributed by atoms with Crippen molar-refractivity contribution in [3.05, 3.63) is 65.7 Å². The van der Waals surface area contributed by atoms with Crippen LogP contribution in [0.25, 0.3) is 21.9 Å². The summed E-state index contributed by atoms with van der Waals surface area (Å²) in [4.78, 5) is 0. The topological polar surface area (TPSA) is 40.5 Å². The van der Waals surface area contributed by atoms with E-state index in [1.807, 2.05) is 18.2 Å². The van der Waals surface area contributed by atoms with E-state index in [0.717, 1.165) is 23.6 Å². The van der Waals surface area contributed by atoms with E-state index in [9.17, 15) is 10.0 Å². The fourth-order valence-electron chi connectivity index (χ4n) is 5.24. The molecule has 2 aliphatic rings. The SMILES string of the molecule is OB(O)c1cc2c(c3ccccc13)-c1ccccc1C21CCCCC1. The molecule has 0 amide bonds. The maximum atomic E-state index is 10.0. The Bertz CT molecular complexity index is 971. The minimum absolute atomic E-state index is 0.0395. The molecule has 1 fully saturated rings. The molecule has 0 bridgehead atoms. The van der Waals surface area contributed by atoms with Gasteiger partial charge < -0.3 is 10.0 Å². The molecule has 0 saturated heterocycles. The number of fused-ring (bicyclic) bond motifs is 7. The van der Waals surface area contributed by atoms with Gasteiger partial charge in [0.05, 0.1) is 0 Å². The Hall–Kier alpha value is -2.10. The van der Waals surface area contributed by atoms with Crippen molar-refractivity contribution in [3.8, 4) is 11.1 Å². The van der Waals surface area contributed by atoms with Crippen molar-refractivity contribution < 1.29 is 10.0 Å². The van der Waals surface area contributed by atoms with E-state index < -0.39 is 7.12 Å². The van der Waals surface area contributed by atoms with Gasteiger partial charge in [-0.05, 0) is 51.3 Å². The summed E-state index contributed by atoms with van der Waals surface area (Å²) in [5, 5.41) is 22.1. The van der Waals surface area contributed by atoms with Gasteiger partial charge in [0, 0.05) is 5.41 Å². The van der Waals surface area contributed by atoms with Gasteiger partial charge in [-0.2, -0.15) is 0 Å². The van der Waals surface area contributed by atoms with E-state index in [4.69, 9.17) is 0 Å². The van der Waals surface area contributed by atoms with Crippen LogP contribution in [0.15, 0.2) is 54.6 Å². The molecule has 2 N–H and O–H groups in total. The average Bonchev–Trinajstić information content (AvgIpc) is 2.92. The van der Waals surface area contributed by atoms with Crippen LogP contribution < -0.4 is 5.46 Å². The quantitative estimate of drug-likeness (QED) is 0.668. The number of hydrogen-bond donors (Lipinski definition) is 2. The van der Waals surface area contributed by atoms with Gasteiger partial charge in [0.15, 0.2) is 0 Å². The van der Waals surface area contributed by atoms with Gasteiger partial charge in [-0.3, -0.25) is 0 Å². The average molecular weight is 328 g/mol. The monoisotopic (exact) mass is 328 g/mol. The van der Waals surface area contributed by atoms with Gasteiger partial charge in [-0.1, -0.05) is 73.9 Å². The Morgan fingerprint density at radius 3 is 2.20 bits per heavy atom. The highest BCUT2D eigenvalue weighted by Crippen LogP contribution is 2.56. The smallest absolute Gasteiger partial charge is 0.423 e. The summed E-state index contributed by atoms with van der Waals surface area (Å²) in [5.41, 5.74) is 6.03. The normalized spacial score (nSPS) is 17.5. The van der Waals surface area contributed by atoms with Crippen LogP contribution in [0.2, 0.25) is 0 Å². The molecule has 2 nitrogen and oxygen atoms in total. The second-order valence-electron chi connectivity index (χ2n) is 7.50. The van der Waals surface area contributed by atoms with Crippen molar-refractivity contribution in [2.75, 3.05) is 0 Å². The Morgan fingerprint density at radius 1 is 0.760 bits per heavy atom. The van der Waals surface area contributed by atoms with Crippen LogP contribution >= 0.6 is 0 Å². The molecule has 1 saturated carbocycles. The fraction of sp³-hybridized carbons (Fsp3) is 0.273. The summed E-state index contributed by atoms with van der Waals surface area (Å²) in [6, 6.07) is 19.0. The van der Waals surface area contributed by atoms with Crippen LogP contribution in [0.3, 0.4) is 0 Å². The largest absolute Gasteiger partial charge is 0.489 e. The van der Waals surface area contributed by atoms with Crippen molar-refractivity contribution in [1.29, 1.82) is 0 Å². The van der Waals surface area contributed by atoms with Crippen LogP contribution in [-0.2, 0) is 5.41 Å². The van der Waals surface area contributed by atoms with E-state index in [-0.39, 0.29) is 5.41 Å². The molecule has 0 aliphatic heterocycles. The second kappa shape index (κ2) is 5.45. The maximum absolute atomic E-state index is 10.0. The first kappa shape index (κ1) is 15.2. The molecular formula is C22H21BO2. The first-order valence-electron chi connectivity index (χ1n) is 9.24. The van der Waals surface area contributed by atoms with Crippen LogP contribution in [-0.4, -0.2) is 17.2 Å². The Morgan fingerprint density at radius 2 is 1.44 bits per heavy atom. The van der Waals surface area contributed by atoms with Gasteiger partial charge in [0.25, 0.3) is 0 Å². The standard InChI is InChI=1S/C22H21BO2/c24-23(25)20-14-19-21(16-9-3-2-8-15(16)20)17-10-4-5-11-18(17)22(19)12-6-1-7-13-22/h2-5,8-11,14,24-25H,1,6-7,12-13H2. The molecule has 2 aliphatic carbocycles. The molecule has 3 aromatic carbocycles.